The van der Waals surface area contributed by atoms with Gasteiger partial charge < -0.3 is 10.0 Å². The van der Waals surface area contributed by atoms with Gasteiger partial charge in [-0.05, 0) is 77.2 Å². The Bertz CT molecular complexity index is 1770. The Kier molecular flexibility index (Phi) is 9.06. The van der Waals surface area contributed by atoms with Gasteiger partial charge in [0.1, 0.15) is 0 Å². The molecule has 0 aliphatic heterocycles. The molecule has 208 valence electrons. The van der Waals surface area contributed by atoms with E-state index in [9.17, 15) is 9.90 Å². The van der Waals surface area contributed by atoms with Crippen LogP contribution in [0, 0.1) is 13.5 Å². The number of benzene rings is 5. The summed E-state index contributed by atoms with van der Waals surface area (Å²) in [6, 6.07) is 45.0. The normalized spacial score (nSPS) is 11.1. The van der Waals surface area contributed by atoms with Crippen molar-refractivity contribution in [3.8, 4) is 0 Å². The van der Waals surface area contributed by atoms with Gasteiger partial charge in [0, 0.05) is 17.1 Å². The number of rotatable bonds is 9. The molecule has 0 fully saturated rings. The van der Waals surface area contributed by atoms with Crippen LogP contribution in [0.1, 0.15) is 27.8 Å². The van der Waals surface area contributed by atoms with Crippen molar-refractivity contribution in [3.63, 3.8) is 0 Å². The van der Waals surface area contributed by atoms with Crippen molar-refractivity contribution < 1.29 is 9.90 Å². The Morgan fingerprint density at radius 1 is 0.674 bits per heavy atom. The van der Waals surface area contributed by atoms with E-state index in [4.69, 9.17) is 6.57 Å². The summed E-state index contributed by atoms with van der Waals surface area (Å²) >= 11 is 0. The first kappa shape index (κ1) is 28.6. The van der Waals surface area contributed by atoms with Crippen molar-refractivity contribution >= 4 is 40.8 Å². The van der Waals surface area contributed by atoms with Crippen molar-refractivity contribution in [3.05, 3.63) is 191 Å². The highest BCUT2D eigenvalue weighted by Crippen LogP contribution is 2.35. The van der Waals surface area contributed by atoms with Crippen LogP contribution in [-0.2, 0) is 4.79 Å². The molecule has 4 nitrogen and oxygen atoms in total. The van der Waals surface area contributed by atoms with Crippen molar-refractivity contribution in [2.24, 2.45) is 0 Å². The van der Waals surface area contributed by atoms with E-state index in [0.29, 0.717) is 5.56 Å². The highest BCUT2D eigenvalue weighted by molar-refractivity contribution is 5.94. The number of aliphatic carboxylic acids is 1. The summed E-state index contributed by atoms with van der Waals surface area (Å²) in [7, 11) is 0. The molecule has 0 saturated heterocycles. The van der Waals surface area contributed by atoms with Crippen LogP contribution in [0.25, 0.3) is 22.6 Å². The van der Waals surface area contributed by atoms with Gasteiger partial charge in [0.05, 0.1) is 6.57 Å². The monoisotopic (exact) mass is 558 g/mol. The maximum absolute atomic E-state index is 11.3. The quantitative estimate of drug-likeness (QED) is 0.111. The molecule has 0 spiro atoms. The van der Waals surface area contributed by atoms with E-state index in [1.807, 2.05) is 36.4 Å². The molecule has 0 saturated carbocycles. The molecule has 0 unspecified atom stereocenters. The van der Waals surface area contributed by atoms with Gasteiger partial charge in [0.15, 0.2) is 0 Å². The molecule has 0 bridgehead atoms. The number of allylic oxidation sites excluding steroid dienone is 2. The molecule has 0 aliphatic rings. The van der Waals surface area contributed by atoms with Crippen LogP contribution in [-0.4, -0.2) is 11.1 Å². The van der Waals surface area contributed by atoms with Gasteiger partial charge in [-0.15, -0.1) is 0 Å². The van der Waals surface area contributed by atoms with Crippen LogP contribution in [0.15, 0.2) is 151 Å². The first-order valence-electron chi connectivity index (χ1n) is 13.9. The third-order valence-corrected chi connectivity index (χ3v) is 6.96. The van der Waals surface area contributed by atoms with Gasteiger partial charge in [-0.2, -0.15) is 0 Å². The number of hydrogen-bond donors (Lipinski definition) is 1. The average molecular weight is 559 g/mol. The highest BCUT2D eigenvalue weighted by Gasteiger charge is 2.13. The first-order valence-corrected chi connectivity index (χ1v) is 13.9. The Balaban J connectivity index is 1.44. The molecule has 5 aromatic rings. The van der Waals surface area contributed by atoms with Crippen LogP contribution in [0.5, 0.6) is 0 Å². The third kappa shape index (κ3) is 7.24. The van der Waals surface area contributed by atoms with E-state index in [1.165, 1.54) is 11.6 Å². The lowest BCUT2D eigenvalue weighted by atomic mass is 9.97. The van der Waals surface area contributed by atoms with Gasteiger partial charge >= 0.3 is 5.97 Å². The predicted molar refractivity (Wildman–Crippen MR) is 177 cm³/mol. The molecular weight excluding hydrogens is 528 g/mol. The smallest absolute Gasteiger partial charge is 0.333 e. The predicted octanol–water partition coefficient (Wildman–Crippen LogP) is 9.95. The Morgan fingerprint density at radius 3 is 1.60 bits per heavy atom. The third-order valence-electron chi connectivity index (χ3n) is 6.96. The van der Waals surface area contributed by atoms with Crippen LogP contribution >= 0.6 is 0 Å². The molecule has 43 heavy (non-hydrogen) atoms. The summed E-state index contributed by atoms with van der Waals surface area (Å²) in [5.74, 6) is -1.23. The van der Waals surface area contributed by atoms with Crippen molar-refractivity contribution in [1.29, 1.82) is 0 Å². The minimum Gasteiger partial charge on any atom is -0.486 e. The number of carboxylic acid groups (broad SMARTS) is 1. The molecule has 5 aromatic carbocycles. The zero-order valence-electron chi connectivity index (χ0n) is 23.8. The van der Waals surface area contributed by atoms with Crippen LogP contribution < -0.4 is 4.90 Å². The lowest BCUT2D eigenvalue weighted by Crippen LogP contribution is -2.09. The largest absolute Gasteiger partial charge is 0.486 e. The molecule has 0 heterocycles. The first-order chi connectivity index (χ1) is 21.0. The number of anilines is 3. The molecule has 1 N–H and O–H groups in total. The van der Waals surface area contributed by atoms with E-state index >= 15 is 0 Å². The molecule has 0 aliphatic carbocycles. The fraction of sp³-hybridized carbons (Fsp3) is 0.0256. The molecule has 0 radical (unpaired) electrons. The lowest BCUT2D eigenvalue weighted by Gasteiger charge is -2.26. The van der Waals surface area contributed by atoms with Gasteiger partial charge in [0.2, 0.25) is 0 Å². The number of carbonyl (C=O) groups is 1. The minimum absolute atomic E-state index is 0.318. The second-order valence-electron chi connectivity index (χ2n) is 9.97. The zero-order chi connectivity index (χ0) is 30.0. The Labute approximate surface area is 252 Å². The SMILES string of the molecule is [C-]#[N+]/C(=C/c1ccc(N(c2ccc(C)cc2)c2ccc(C=CC=C(c3ccccc3)c3ccccc3)cc2)cc1)C(=O)O. The number of aryl methyl sites for hydroxylation is 1. The van der Waals surface area contributed by atoms with Crippen LogP contribution in [0.2, 0.25) is 0 Å². The molecule has 4 heteroatoms. The number of carboxylic acids is 1. The average Bonchev–Trinajstić information content (AvgIpc) is 3.05. The van der Waals surface area contributed by atoms with E-state index in [-0.39, 0.29) is 5.70 Å². The van der Waals surface area contributed by atoms with Gasteiger partial charge in [-0.1, -0.05) is 121 Å². The standard InChI is InChI=1S/C39H30N2O2/c1-29-16-22-34(23-17-29)41(36-26-20-31(21-27-36)28-38(40-2)39(42)43)35-24-18-30(19-25-35)10-9-15-37(32-11-5-3-6-12-32)33-13-7-4-8-14-33/h3-28H,1H3,(H,42,43)/b10-9?,38-28+. The zero-order valence-corrected chi connectivity index (χ0v) is 23.8. The lowest BCUT2D eigenvalue weighted by molar-refractivity contribution is -0.132. The second kappa shape index (κ2) is 13.6. The maximum Gasteiger partial charge on any atom is 0.333 e. The van der Waals surface area contributed by atoms with Crippen molar-refractivity contribution in [1.82, 2.24) is 0 Å². The summed E-state index contributed by atoms with van der Waals surface area (Å²) in [5, 5.41) is 9.21. The van der Waals surface area contributed by atoms with Crippen LogP contribution in [0.3, 0.4) is 0 Å². The van der Waals surface area contributed by atoms with E-state index in [1.54, 1.807) is 0 Å². The maximum atomic E-state index is 11.3. The van der Waals surface area contributed by atoms with Gasteiger partial charge in [-0.25, -0.2) is 4.85 Å². The van der Waals surface area contributed by atoms with E-state index in [2.05, 4.69) is 132 Å². The topological polar surface area (TPSA) is 44.9 Å². The summed E-state index contributed by atoms with van der Waals surface area (Å²) in [5.41, 5.74) is 8.97. The molecular formula is C39H30N2O2. The fourth-order valence-electron chi connectivity index (χ4n) is 4.74. The Morgan fingerprint density at radius 2 is 1.14 bits per heavy atom. The van der Waals surface area contributed by atoms with Gasteiger partial charge in [-0.3, -0.25) is 4.79 Å². The molecule has 5 rings (SSSR count). The second-order valence-corrected chi connectivity index (χ2v) is 9.97. The highest BCUT2D eigenvalue weighted by atomic mass is 16.4. The fourth-order valence-corrected chi connectivity index (χ4v) is 4.74. The van der Waals surface area contributed by atoms with Crippen LogP contribution in [0.4, 0.5) is 17.1 Å². The van der Waals surface area contributed by atoms with Crippen molar-refractivity contribution in [2.75, 3.05) is 4.90 Å². The number of nitrogens with zero attached hydrogens (tertiary/aromatic N) is 2. The molecule has 0 atom stereocenters. The minimum atomic E-state index is -1.23. The molecule has 0 aromatic heterocycles. The van der Waals surface area contributed by atoms with Crippen molar-refractivity contribution in [2.45, 2.75) is 6.92 Å². The molecule has 0 amide bonds. The van der Waals surface area contributed by atoms with E-state index < -0.39 is 5.97 Å². The summed E-state index contributed by atoms with van der Waals surface area (Å²) < 4.78 is 0. The van der Waals surface area contributed by atoms with E-state index in [0.717, 1.165) is 39.3 Å². The summed E-state index contributed by atoms with van der Waals surface area (Å²) in [6.45, 7) is 9.17. The summed E-state index contributed by atoms with van der Waals surface area (Å²) in [6.07, 6.45) is 7.72. The summed E-state index contributed by atoms with van der Waals surface area (Å²) in [4.78, 5) is 16.5. The van der Waals surface area contributed by atoms with Gasteiger partial charge in [0.25, 0.3) is 5.70 Å². The Hall–Kier alpha value is -5.92. The number of hydrogen-bond acceptors (Lipinski definition) is 2.